The molecule has 0 saturated carbocycles. The van der Waals surface area contributed by atoms with E-state index in [9.17, 15) is 9.59 Å². The van der Waals surface area contributed by atoms with Crippen LogP contribution < -0.4 is 4.74 Å². The molecule has 5 nitrogen and oxygen atoms in total. The lowest BCUT2D eigenvalue weighted by atomic mass is 9.99. The lowest BCUT2D eigenvalue weighted by Crippen LogP contribution is -2.12. The first-order valence-corrected chi connectivity index (χ1v) is 6.39. The highest BCUT2D eigenvalue weighted by atomic mass is 16.7. The van der Waals surface area contributed by atoms with E-state index in [2.05, 4.69) is 0 Å². The second-order valence-corrected chi connectivity index (χ2v) is 4.13. The van der Waals surface area contributed by atoms with Gasteiger partial charge < -0.3 is 14.6 Å². The molecule has 0 atom stereocenters. The topological polar surface area (TPSA) is 72.8 Å². The van der Waals surface area contributed by atoms with Gasteiger partial charge in [0.1, 0.15) is 11.3 Å². The van der Waals surface area contributed by atoms with E-state index < -0.39 is 12.1 Å². The largest absolute Gasteiger partial charge is 0.511 e. The number of ether oxygens (including phenoxy) is 2. The Morgan fingerprint density at radius 3 is 2.38 bits per heavy atom. The van der Waals surface area contributed by atoms with Crippen molar-refractivity contribution in [2.45, 2.75) is 6.92 Å². The highest BCUT2D eigenvalue weighted by molar-refractivity contribution is 6.00. The van der Waals surface area contributed by atoms with Crippen LogP contribution in [0.15, 0.2) is 48.5 Å². The smallest absolute Gasteiger partial charge is 0.462 e. The maximum absolute atomic E-state index is 12.1. The second-order valence-electron chi connectivity index (χ2n) is 4.13. The lowest BCUT2D eigenvalue weighted by molar-refractivity contribution is 0.0523. The first kappa shape index (κ1) is 14.6. The molecule has 21 heavy (non-hydrogen) atoms. The third-order valence-electron chi connectivity index (χ3n) is 2.79. The fourth-order valence-corrected chi connectivity index (χ4v) is 1.98. The summed E-state index contributed by atoms with van der Waals surface area (Å²) >= 11 is 0. The standard InChI is InChI=1S/C16H14O5/c1-2-20-15(17)14-12(11-7-4-3-5-8-11)9-6-10-13(14)21-16(18)19/h3-10H,2H2,1H3,(H,18,19). The first-order valence-electron chi connectivity index (χ1n) is 6.39. The monoisotopic (exact) mass is 286 g/mol. The highest BCUT2D eigenvalue weighted by Gasteiger charge is 2.21. The van der Waals surface area contributed by atoms with E-state index in [4.69, 9.17) is 14.6 Å². The van der Waals surface area contributed by atoms with Gasteiger partial charge >= 0.3 is 12.1 Å². The Kier molecular flexibility index (Phi) is 4.56. The van der Waals surface area contributed by atoms with Gasteiger partial charge in [0.15, 0.2) is 0 Å². The molecule has 0 aliphatic rings. The average molecular weight is 286 g/mol. The molecule has 5 heteroatoms. The molecule has 0 aliphatic heterocycles. The Morgan fingerprint density at radius 2 is 1.76 bits per heavy atom. The van der Waals surface area contributed by atoms with Gasteiger partial charge in [-0.1, -0.05) is 42.5 Å². The molecule has 0 bridgehead atoms. The van der Waals surface area contributed by atoms with E-state index in [-0.39, 0.29) is 17.9 Å². The Hall–Kier alpha value is -2.82. The quantitative estimate of drug-likeness (QED) is 0.687. The summed E-state index contributed by atoms with van der Waals surface area (Å²) in [5.41, 5.74) is 1.44. The zero-order valence-corrected chi connectivity index (χ0v) is 11.4. The fourth-order valence-electron chi connectivity index (χ4n) is 1.98. The summed E-state index contributed by atoms with van der Waals surface area (Å²) in [6, 6.07) is 13.9. The van der Waals surface area contributed by atoms with Crippen molar-refractivity contribution in [2.75, 3.05) is 6.61 Å². The van der Waals surface area contributed by atoms with E-state index in [1.807, 2.05) is 30.3 Å². The van der Waals surface area contributed by atoms with E-state index in [1.54, 1.807) is 19.1 Å². The minimum absolute atomic E-state index is 0.0395. The number of hydrogen-bond acceptors (Lipinski definition) is 4. The number of rotatable bonds is 4. The molecule has 2 aromatic carbocycles. The van der Waals surface area contributed by atoms with Gasteiger partial charge in [-0.05, 0) is 24.1 Å². The van der Waals surface area contributed by atoms with E-state index in [0.29, 0.717) is 5.56 Å². The summed E-state index contributed by atoms with van der Waals surface area (Å²) in [7, 11) is 0. The van der Waals surface area contributed by atoms with Gasteiger partial charge in [-0.25, -0.2) is 9.59 Å². The first-order chi connectivity index (χ1) is 10.1. The Balaban J connectivity index is 2.58. The molecule has 0 spiro atoms. The van der Waals surface area contributed by atoms with Crippen molar-refractivity contribution in [1.82, 2.24) is 0 Å². The second kappa shape index (κ2) is 6.56. The highest BCUT2D eigenvalue weighted by Crippen LogP contribution is 2.31. The van der Waals surface area contributed by atoms with Crippen molar-refractivity contribution in [1.29, 1.82) is 0 Å². The van der Waals surface area contributed by atoms with Crippen molar-refractivity contribution in [2.24, 2.45) is 0 Å². The molecule has 0 saturated heterocycles. The predicted octanol–water partition coefficient (Wildman–Crippen LogP) is 3.59. The summed E-state index contributed by atoms with van der Waals surface area (Å²) in [6.45, 7) is 1.87. The molecular formula is C16H14O5. The molecule has 0 radical (unpaired) electrons. The van der Waals surface area contributed by atoms with Gasteiger partial charge in [-0.15, -0.1) is 0 Å². The molecule has 1 N–H and O–H groups in total. The number of carboxylic acid groups (broad SMARTS) is 1. The van der Waals surface area contributed by atoms with E-state index >= 15 is 0 Å². The van der Waals surface area contributed by atoms with Gasteiger partial charge in [0.05, 0.1) is 6.61 Å². The molecule has 0 heterocycles. The van der Waals surface area contributed by atoms with Crippen LogP contribution in [0.3, 0.4) is 0 Å². The van der Waals surface area contributed by atoms with Crippen LogP contribution in [-0.4, -0.2) is 23.8 Å². The van der Waals surface area contributed by atoms with Crippen LogP contribution >= 0.6 is 0 Å². The molecule has 2 rings (SSSR count). The fraction of sp³-hybridized carbons (Fsp3) is 0.125. The van der Waals surface area contributed by atoms with Crippen molar-refractivity contribution >= 4 is 12.1 Å². The molecule has 0 unspecified atom stereocenters. The number of esters is 1. The summed E-state index contributed by atoms with van der Waals surface area (Å²) in [5.74, 6) is -0.657. The van der Waals surface area contributed by atoms with Crippen LogP contribution in [0.4, 0.5) is 4.79 Å². The molecule has 0 fully saturated rings. The van der Waals surface area contributed by atoms with Gasteiger partial charge in [0.2, 0.25) is 0 Å². The number of benzene rings is 2. The minimum Gasteiger partial charge on any atom is -0.462 e. The Bertz CT molecular complexity index is 649. The molecule has 0 aliphatic carbocycles. The van der Waals surface area contributed by atoms with E-state index in [1.165, 1.54) is 6.07 Å². The predicted molar refractivity (Wildman–Crippen MR) is 76.5 cm³/mol. The van der Waals surface area contributed by atoms with Gasteiger partial charge in [0.25, 0.3) is 0 Å². The van der Waals surface area contributed by atoms with Crippen LogP contribution in [0.25, 0.3) is 11.1 Å². The van der Waals surface area contributed by atoms with Crippen molar-refractivity contribution in [3.8, 4) is 16.9 Å². The van der Waals surface area contributed by atoms with Crippen molar-refractivity contribution in [3.63, 3.8) is 0 Å². The Labute approximate surface area is 121 Å². The van der Waals surface area contributed by atoms with E-state index in [0.717, 1.165) is 5.56 Å². The zero-order valence-electron chi connectivity index (χ0n) is 11.4. The van der Waals surface area contributed by atoms with Crippen LogP contribution in [0, 0.1) is 0 Å². The van der Waals surface area contributed by atoms with Crippen LogP contribution in [0.5, 0.6) is 5.75 Å². The average Bonchev–Trinajstić information content (AvgIpc) is 2.47. The SMILES string of the molecule is CCOC(=O)c1c(OC(=O)O)cccc1-c1ccccc1. The lowest BCUT2D eigenvalue weighted by Gasteiger charge is -2.12. The maximum atomic E-state index is 12.1. The summed E-state index contributed by atoms with van der Waals surface area (Å²) in [4.78, 5) is 22.9. The molecular weight excluding hydrogens is 272 g/mol. The third-order valence-corrected chi connectivity index (χ3v) is 2.79. The Morgan fingerprint density at radius 1 is 1.05 bits per heavy atom. The summed E-state index contributed by atoms with van der Waals surface area (Å²) < 4.78 is 9.69. The summed E-state index contributed by atoms with van der Waals surface area (Å²) in [5, 5.41) is 8.79. The van der Waals surface area contributed by atoms with Crippen LogP contribution in [0.2, 0.25) is 0 Å². The minimum atomic E-state index is -1.48. The van der Waals surface area contributed by atoms with Crippen molar-refractivity contribution < 1.29 is 24.2 Å². The van der Waals surface area contributed by atoms with Gasteiger partial charge in [-0.2, -0.15) is 0 Å². The number of carbonyl (C=O) groups excluding carboxylic acids is 1. The van der Waals surface area contributed by atoms with Crippen LogP contribution in [-0.2, 0) is 4.74 Å². The van der Waals surface area contributed by atoms with Gasteiger partial charge in [-0.3, -0.25) is 0 Å². The number of carbonyl (C=O) groups is 2. The van der Waals surface area contributed by atoms with Gasteiger partial charge in [0, 0.05) is 0 Å². The summed E-state index contributed by atoms with van der Waals surface area (Å²) in [6.07, 6.45) is -1.48. The molecule has 2 aromatic rings. The third kappa shape index (κ3) is 3.39. The molecule has 0 amide bonds. The molecule has 0 aromatic heterocycles. The van der Waals surface area contributed by atoms with Crippen molar-refractivity contribution in [3.05, 3.63) is 54.1 Å². The number of hydrogen-bond donors (Lipinski definition) is 1. The molecule has 108 valence electrons. The normalized spacial score (nSPS) is 9.95. The maximum Gasteiger partial charge on any atom is 0.511 e. The van der Waals surface area contributed by atoms with Crippen LogP contribution in [0.1, 0.15) is 17.3 Å². The zero-order chi connectivity index (χ0) is 15.2.